The molecule has 2 N–H and O–H groups in total. The molecule has 0 radical (unpaired) electrons. The zero-order valence-corrected chi connectivity index (χ0v) is 8.40. The Labute approximate surface area is 75.7 Å². The van der Waals surface area contributed by atoms with Crippen LogP contribution in [0.4, 0.5) is 0 Å². The first-order valence-corrected chi connectivity index (χ1v) is 5.28. The maximum Gasteiger partial charge on any atom is -0.00179 e. The Morgan fingerprint density at radius 3 is 2.25 bits per heavy atom. The molecule has 2 fully saturated rings. The minimum absolute atomic E-state index is 0.605. The Bertz CT molecular complexity index is 179. The fourth-order valence-corrected chi connectivity index (χ4v) is 2.90. The van der Waals surface area contributed by atoms with Crippen molar-refractivity contribution >= 4 is 0 Å². The second-order valence-electron chi connectivity index (χ2n) is 5.67. The van der Waals surface area contributed by atoms with Crippen molar-refractivity contribution in [2.45, 2.75) is 46.0 Å². The topological polar surface area (TPSA) is 26.0 Å². The van der Waals surface area contributed by atoms with Gasteiger partial charge in [-0.1, -0.05) is 13.8 Å². The quantitative estimate of drug-likeness (QED) is 0.672. The Balaban J connectivity index is 2.00. The molecular weight excluding hydrogens is 146 g/mol. The van der Waals surface area contributed by atoms with Gasteiger partial charge < -0.3 is 5.73 Å². The highest BCUT2D eigenvalue weighted by Gasteiger charge is 2.51. The van der Waals surface area contributed by atoms with E-state index in [1.165, 1.54) is 32.1 Å². The van der Waals surface area contributed by atoms with Gasteiger partial charge in [-0.25, -0.2) is 0 Å². The molecule has 0 saturated heterocycles. The van der Waals surface area contributed by atoms with Crippen LogP contribution >= 0.6 is 0 Å². The maximum absolute atomic E-state index is 5.84. The predicted octanol–water partition coefficient (Wildman–Crippen LogP) is 2.55. The first kappa shape index (κ1) is 8.55. The summed E-state index contributed by atoms with van der Waals surface area (Å²) in [6.45, 7) is 5.74. The molecule has 2 aliphatic carbocycles. The molecule has 0 aromatic carbocycles. The van der Waals surface area contributed by atoms with Crippen LogP contribution in [-0.4, -0.2) is 6.54 Å². The van der Waals surface area contributed by atoms with Gasteiger partial charge >= 0.3 is 0 Å². The molecule has 2 rings (SSSR count). The monoisotopic (exact) mass is 167 g/mol. The Hall–Kier alpha value is -0.0400. The first-order chi connectivity index (χ1) is 5.58. The Morgan fingerprint density at radius 1 is 1.25 bits per heavy atom. The lowest BCUT2D eigenvalue weighted by atomic mass is 9.83. The molecule has 0 spiro atoms. The van der Waals surface area contributed by atoms with Crippen molar-refractivity contribution in [3.8, 4) is 0 Å². The summed E-state index contributed by atoms with van der Waals surface area (Å²) in [6.07, 6.45) is 7.09. The predicted molar refractivity (Wildman–Crippen MR) is 51.8 cm³/mol. The summed E-state index contributed by atoms with van der Waals surface area (Å²) >= 11 is 0. The van der Waals surface area contributed by atoms with E-state index in [9.17, 15) is 0 Å². The molecule has 0 bridgehead atoms. The molecule has 0 aliphatic heterocycles. The lowest BCUT2D eigenvalue weighted by molar-refractivity contribution is 0.282. The SMILES string of the molecule is CC1(C)CCC(C2(CN)CC2)C1. The normalized spacial score (nSPS) is 36.8. The number of rotatable bonds is 2. The van der Waals surface area contributed by atoms with Gasteiger partial charge in [-0.3, -0.25) is 0 Å². The average Bonchev–Trinajstić information content (AvgIpc) is 2.72. The van der Waals surface area contributed by atoms with E-state index >= 15 is 0 Å². The molecule has 1 heteroatoms. The minimum Gasteiger partial charge on any atom is -0.330 e. The van der Waals surface area contributed by atoms with Gasteiger partial charge in [-0.05, 0) is 55.4 Å². The third-order valence-electron chi connectivity index (χ3n) is 4.13. The number of hydrogen-bond acceptors (Lipinski definition) is 1. The van der Waals surface area contributed by atoms with Gasteiger partial charge in [0.1, 0.15) is 0 Å². The van der Waals surface area contributed by atoms with Crippen molar-refractivity contribution in [1.29, 1.82) is 0 Å². The molecule has 70 valence electrons. The molecular formula is C11H21N. The van der Waals surface area contributed by atoms with Crippen LogP contribution in [0.2, 0.25) is 0 Å². The lowest BCUT2D eigenvalue weighted by Crippen LogP contribution is -2.24. The maximum atomic E-state index is 5.84. The van der Waals surface area contributed by atoms with Crippen molar-refractivity contribution in [2.24, 2.45) is 22.5 Å². The molecule has 0 amide bonds. The van der Waals surface area contributed by atoms with Gasteiger partial charge in [-0.15, -0.1) is 0 Å². The molecule has 1 atom stereocenters. The number of hydrogen-bond donors (Lipinski definition) is 1. The summed E-state index contributed by atoms with van der Waals surface area (Å²) < 4.78 is 0. The fraction of sp³-hybridized carbons (Fsp3) is 1.00. The van der Waals surface area contributed by atoms with E-state index in [4.69, 9.17) is 5.73 Å². The minimum atomic E-state index is 0.605. The van der Waals surface area contributed by atoms with Gasteiger partial charge in [0.05, 0.1) is 0 Å². The molecule has 12 heavy (non-hydrogen) atoms. The van der Waals surface area contributed by atoms with Crippen LogP contribution in [-0.2, 0) is 0 Å². The Morgan fingerprint density at radius 2 is 1.92 bits per heavy atom. The summed E-state index contributed by atoms with van der Waals surface area (Å²) in [5, 5.41) is 0. The van der Waals surface area contributed by atoms with Gasteiger partial charge in [0.15, 0.2) is 0 Å². The van der Waals surface area contributed by atoms with Crippen molar-refractivity contribution in [3.05, 3.63) is 0 Å². The van der Waals surface area contributed by atoms with Crippen LogP contribution < -0.4 is 5.73 Å². The highest BCUT2D eigenvalue weighted by Crippen LogP contribution is 2.59. The first-order valence-electron chi connectivity index (χ1n) is 5.28. The van der Waals surface area contributed by atoms with Gasteiger partial charge in [-0.2, -0.15) is 0 Å². The third kappa shape index (κ3) is 1.28. The smallest absolute Gasteiger partial charge is 0.00179 e. The van der Waals surface area contributed by atoms with Gasteiger partial charge in [0, 0.05) is 0 Å². The Kier molecular flexibility index (Phi) is 1.76. The van der Waals surface area contributed by atoms with Crippen LogP contribution in [0.1, 0.15) is 46.0 Å². The van der Waals surface area contributed by atoms with E-state index in [-0.39, 0.29) is 0 Å². The molecule has 1 nitrogen and oxygen atoms in total. The zero-order valence-electron chi connectivity index (χ0n) is 8.40. The van der Waals surface area contributed by atoms with Crippen molar-refractivity contribution < 1.29 is 0 Å². The van der Waals surface area contributed by atoms with Crippen LogP contribution in [0.15, 0.2) is 0 Å². The summed E-state index contributed by atoms with van der Waals surface area (Å²) in [6, 6.07) is 0. The van der Waals surface area contributed by atoms with Crippen molar-refractivity contribution in [1.82, 2.24) is 0 Å². The van der Waals surface area contributed by atoms with E-state index < -0.39 is 0 Å². The van der Waals surface area contributed by atoms with Gasteiger partial charge in [0.25, 0.3) is 0 Å². The average molecular weight is 167 g/mol. The van der Waals surface area contributed by atoms with E-state index in [0.29, 0.717) is 10.8 Å². The highest BCUT2D eigenvalue weighted by atomic mass is 14.7. The second-order valence-corrected chi connectivity index (χ2v) is 5.67. The fourth-order valence-electron chi connectivity index (χ4n) is 2.90. The second kappa shape index (κ2) is 2.47. The summed E-state index contributed by atoms with van der Waals surface area (Å²) in [4.78, 5) is 0. The summed E-state index contributed by atoms with van der Waals surface area (Å²) in [5.41, 5.74) is 7.05. The van der Waals surface area contributed by atoms with Crippen molar-refractivity contribution in [2.75, 3.05) is 6.54 Å². The van der Waals surface area contributed by atoms with E-state index in [0.717, 1.165) is 12.5 Å². The van der Waals surface area contributed by atoms with Crippen LogP contribution in [0, 0.1) is 16.7 Å². The highest BCUT2D eigenvalue weighted by molar-refractivity contribution is 5.03. The van der Waals surface area contributed by atoms with E-state index in [1.807, 2.05) is 0 Å². The van der Waals surface area contributed by atoms with E-state index in [2.05, 4.69) is 13.8 Å². The lowest BCUT2D eigenvalue weighted by Gasteiger charge is -2.23. The van der Waals surface area contributed by atoms with Crippen LogP contribution in [0.5, 0.6) is 0 Å². The van der Waals surface area contributed by atoms with Crippen LogP contribution in [0.25, 0.3) is 0 Å². The standard InChI is InChI=1S/C11H21N/c1-10(2)4-3-9(7-10)11(8-12)5-6-11/h9H,3-8,12H2,1-2H3. The summed E-state index contributed by atoms with van der Waals surface area (Å²) in [5.74, 6) is 0.956. The van der Waals surface area contributed by atoms with Crippen molar-refractivity contribution in [3.63, 3.8) is 0 Å². The molecule has 0 aromatic rings. The number of nitrogens with two attached hydrogens (primary N) is 1. The molecule has 2 saturated carbocycles. The molecule has 1 unspecified atom stereocenters. The zero-order chi connectivity index (χ0) is 8.82. The molecule has 0 heterocycles. The van der Waals surface area contributed by atoms with E-state index in [1.54, 1.807) is 0 Å². The van der Waals surface area contributed by atoms with Crippen LogP contribution in [0.3, 0.4) is 0 Å². The molecule has 0 aromatic heterocycles. The largest absolute Gasteiger partial charge is 0.330 e. The molecule has 2 aliphatic rings. The van der Waals surface area contributed by atoms with Gasteiger partial charge in [0.2, 0.25) is 0 Å². The third-order valence-corrected chi connectivity index (χ3v) is 4.13. The summed E-state index contributed by atoms with van der Waals surface area (Å²) in [7, 11) is 0.